The minimum Gasteiger partial charge on any atom is -0.478 e. The highest BCUT2D eigenvalue weighted by Gasteiger charge is 2.13. The maximum atomic E-state index is 12.3. The van der Waals surface area contributed by atoms with E-state index in [1.807, 2.05) is 0 Å². The largest absolute Gasteiger partial charge is 0.478 e. The summed E-state index contributed by atoms with van der Waals surface area (Å²) in [5.74, 6) is -2.04. The average Bonchev–Trinajstić information content (AvgIpc) is 2.69. The fourth-order valence-electron chi connectivity index (χ4n) is 2.31. The number of aromatic carboxylic acids is 1. The number of hydrogen-bond donors (Lipinski definition) is 3. The Kier molecular flexibility index (Phi) is 5.17. The molecule has 0 bridgehead atoms. The summed E-state index contributed by atoms with van der Waals surface area (Å²) >= 11 is 0. The molecule has 3 aromatic rings. The van der Waals surface area contributed by atoms with Gasteiger partial charge >= 0.3 is 5.97 Å². The maximum absolute atomic E-state index is 12.3. The molecular weight excluding hydrogens is 348 g/mol. The van der Waals surface area contributed by atoms with Gasteiger partial charge in [0, 0.05) is 47.3 Å². The van der Waals surface area contributed by atoms with Gasteiger partial charge in [0.2, 0.25) is 0 Å². The first-order chi connectivity index (χ1) is 13.0. The van der Waals surface area contributed by atoms with Crippen LogP contribution in [-0.2, 0) is 0 Å². The van der Waals surface area contributed by atoms with Crippen LogP contribution in [0.2, 0.25) is 0 Å². The smallest absolute Gasteiger partial charge is 0.335 e. The number of anilines is 2. The second-order valence-corrected chi connectivity index (χ2v) is 5.48. The van der Waals surface area contributed by atoms with Crippen molar-refractivity contribution in [1.29, 1.82) is 0 Å². The number of benzene rings is 1. The van der Waals surface area contributed by atoms with E-state index in [4.69, 9.17) is 0 Å². The number of carboxylic acid groups (broad SMARTS) is 1. The fourth-order valence-corrected chi connectivity index (χ4v) is 2.31. The van der Waals surface area contributed by atoms with E-state index >= 15 is 0 Å². The molecule has 8 nitrogen and oxygen atoms in total. The van der Waals surface area contributed by atoms with Crippen LogP contribution in [0.25, 0.3) is 0 Å². The SMILES string of the molecule is O=C(O)c1cc(NC(=O)c2ccncc2)cc(NC(=O)c2ccncc2)c1. The first kappa shape index (κ1) is 17.7. The maximum Gasteiger partial charge on any atom is 0.335 e. The van der Waals surface area contributed by atoms with Gasteiger partial charge in [-0.05, 0) is 42.5 Å². The van der Waals surface area contributed by atoms with Gasteiger partial charge in [-0.3, -0.25) is 19.6 Å². The second-order valence-electron chi connectivity index (χ2n) is 5.48. The predicted molar refractivity (Wildman–Crippen MR) is 97.8 cm³/mol. The Morgan fingerprint density at radius 3 is 1.44 bits per heavy atom. The molecule has 0 spiro atoms. The molecule has 0 aliphatic heterocycles. The van der Waals surface area contributed by atoms with E-state index in [-0.39, 0.29) is 16.9 Å². The average molecular weight is 362 g/mol. The van der Waals surface area contributed by atoms with Crippen molar-refractivity contribution in [3.63, 3.8) is 0 Å². The van der Waals surface area contributed by atoms with Crippen molar-refractivity contribution >= 4 is 29.2 Å². The molecule has 2 heterocycles. The Bertz CT molecular complexity index is 919. The number of hydrogen-bond acceptors (Lipinski definition) is 5. The lowest BCUT2D eigenvalue weighted by atomic mass is 10.1. The Balaban J connectivity index is 1.85. The van der Waals surface area contributed by atoms with Crippen LogP contribution in [0.3, 0.4) is 0 Å². The van der Waals surface area contributed by atoms with Gasteiger partial charge in [0.15, 0.2) is 0 Å². The summed E-state index contributed by atoms with van der Waals surface area (Å²) in [4.78, 5) is 43.6. The molecule has 0 fully saturated rings. The summed E-state index contributed by atoms with van der Waals surface area (Å²) in [5, 5.41) is 14.5. The van der Waals surface area contributed by atoms with E-state index in [1.54, 1.807) is 0 Å². The Morgan fingerprint density at radius 2 is 1.07 bits per heavy atom. The number of nitrogens with one attached hydrogen (secondary N) is 2. The molecule has 0 saturated carbocycles. The van der Waals surface area contributed by atoms with Crippen molar-refractivity contribution in [3.05, 3.63) is 83.9 Å². The molecule has 0 saturated heterocycles. The molecule has 2 aromatic heterocycles. The molecule has 0 aliphatic rings. The van der Waals surface area contributed by atoms with Crippen molar-refractivity contribution in [2.75, 3.05) is 10.6 Å². The third kappa shape index (κ3) is 4.51. The van der Waals surface area contributed by atoms with Crippen molar-refractivity contribution in [2.45, 2.75) is 0 Å². The number of pyridine rings is 2. The van der Waals surface area contributed by atoms with E-state index in [2.05, 4.69) is 20.6 Å². The quantitative estimate of drug-likeness (QED) is 0.641. The zero-order chi connectivity index (χ0) is 19.2. The zero-order valence-corrected chi connectivity index (χ0v) is 13.9. The van der Waals surface area contributed by atoms with Crippen LogP contribution in [0.4, 0.5) is 11.4 Å². The van der Waals surface area contributed by atoms with Crippen LogP contribution in [0.15, 0.2) is 67.3 Å². The van der Waals surface area contributed by atoms with E-state index in [9.17, 15) is 19.5 Å². The third-order valence-electron chi connectivity index (χ3n) is 3.58. The lowest BCUT2D eigenvalue weighted by Crippen LogP contribution is -2.15. The normalized spacial score (nSPS) is 10.1. The molecule has 3 rings (SSSR count). The van der Waals surface area contributed by atoms with Crippen LogP contribution in [0.5, 0.6) is 0 Å². The first-order valence-electron chi connectivity index (χ1n) is 7.84. The van der Waals surface area contributed by atoms with Crippen LogP contribution in [0.1, 0.15) is 31.1 Å². The monoisotopic (exact) mass is 362 g/mol. The number of aromatic nitrogens is 2. The highest BCUT2D eigenvalue weighted by Crippen LogP contribution is 2.21. The van der Waals surface area contributed by atoms with Gasteiger partial charge in [0.1, 0.15) is 0 Å². The fraction of sp³-hybridized carbons (Fsp3) is 0. The number of carboxylic acids is 1. The summed E-state index contributed by atoms with van der Waals surface area (Å²) in [7, 11) is 0. The second kappa shape index (κ2) is 7.87. The van der Waals surface area contributed by atoms with Gasteiger partial charge < -0.3 is 15.7 Å². The minimum atomic E-state index is -1.19. The molecule has 0 unspecified atom stereocenters. The van der Waals surface area contributed by atoms with Crippen molar-refractivity contribution in [2.24, 2.45) is 0 Å². The third-order valence-corrected chi connectivity index (χ3v) is 3.58. The lowest BCUT2D eigenvalue weighted by molar-refractivity contribution is 0.0696. The van der Waals surface area contributed by atoms with Gasteiger partial charge in [-0.2, -0.15) is 0 Å². The zero-order valence-electron chi connectivity index (χ0n) is 13.9. The number of carbonyl (C=O) groups is 3. The molecule has 8 heteroatoms. The number of nitrogens with zero attached hydrogens (tertiary/aromatic N) is 2. The van der Waals surface area contributed by atoms with Gasteiger partial charge in [0.25, 0.3) is 11.8 Å². The molecule has 27 heavy (non-hydrogen) atoms. The minimum absolute atomic E-state index is 0.0763. The highest BCUT2D eigenvalue weighted by molar-refractivity contribution is 6.07. The van der Waals surface area contributed by atoms with E-state index in [0.29, 0.717) is 11.1 Å². The highest BCUT2D eigenvalue weighted by atomic mass is 16.4. The Labute approximate surface area is 153 Å². The molecular formula is C19H14N4O4. The van der Waals surface area contributed by atoms with Crippen molar-refractivity contribution < 1.29 is 19.5 Å². The number of rotatable bonds is 5. The van der Waals surface area contributed by atoms with Crippen LogP contribution in [0, 0.1) is 0 Å². The molecule has 1 aromatic carbocycles. The van der Waals surface area contributed by atoms with Gasteiger partial charge in [-0.1, -0.05) is 0 Å². The van der Waals surface area contributed by atoms with Gasteiger partial charge in [0.05, 0.1) is 5.56 Å². The van der Waals surface area contributed by atoms with Crippen LogP contribution >= 0.6 is 0 Å². The van der Waals surface area contributed by atoms with Crippen LogP contribution < -0.4 is 10.6 Å². The molecule has 0 atom stereocenters. The van der Waals surface area contributed by atoms with E-state index < -0.39 is 17.8 Å². The summed E-state index contributed by atoms with van der Waals surface area (Å²) in [6.45, 7) is 0. The number of carbonyl (C=O) groups excluding carboxylic acids is 2. The first-order valence-corrected chi connectivity index (χ1v) is 7.84. The molecule has 2 amide bonds. The Hall–Kier alpha value is -4.07. The lowest BCUT2D eigenvalue weighted by Gasteiger charge is -2.11. The summed E-state index contributed by atoms with van der Waals surface area (Å²) in [5.41, 5.74) is 1.14. The predicted octanol–water partition coefficient (Wildman–Crippen LogP) is 2.68. The Morgan fingerprint density at radius 1 is 0.667 bits per heavy atom. The molecule has 0 aliphatic carbocycles. The summed E-state index contributed by atoms with van der Waals surface area (Å²) < 4.78 is 0. The molecule has 134 valence electrons. The molecule has 3 N–H and O–H groups in total. The molecule has 0 radical (unpaired) electrons. The van der Waals surface area contributed by atoms with E-state index in [1.165, 1.54) is 67.3 Å². The van der Waals surface area contributed by atoms with Crippen molar-refractivity contribution in [3.8, 4) is 0 Å². The van der Waals surface area contributed by atoms with E-state index in [0.717, 1.165) is 0 Å². The van der Waals surface area contributed by atoms with Gasteiger partial charge in [-0.25, -0.2) is 4.79 Å². The number of amides is 2. The standard InChI is InChI=1S/C19H14N4O4/c24-17(12-1-5-20-6-2-12)22-15-9-14(19(26)27)10-16(11-15)23-18(25)13-3-7-21-8-4-13/h1-11H,(H,22,24)(H,23,25)(H,26,27). The summed E-state index contributed by atoms with van der Waals surface area (Å²) in [6.07, 6.45) is 5.90. The van der Waals surface area contributed by atoms with Crippen molar-refractivity contribution in [1.82, 2.24) is 9.97 Å². The van der Waals surface area contributed by atoms with Crippen LogP contribution in [-0.4, -0.2) is 32.9 Å². The topological polar surface area (TPSA) is 121 Å². The van der Waals surface area contributed by atoms with Gasteiger partial charge in [-0.15, -0.1) is 0 Å². The summed E-state index contributed by atoms with van der Waals surface area (Å²) in [6, 6.07) is 10.2.